The maximum absolute atomic E-state index is 12.2. The molecule has 154 valence electrons. The Hall–Kier alpha value is -3.51. The molecule has 0 saturated heterocycles. The van der Waals surface area contributed by atoms with Crippen molar-refractivity contribution >= 4 is 40.6 Å². The Bertz CT molecular complexity index is 994. The van der Waals surface area contributed by atoms with Crippen LogP contribution in [0.5, 0.6) is 0 Å². The van der Waals surface area contributed by atoms with Gasteiger partial charge in [-0.1, -0.05) is 54.1 Å². The van der Waals surface area contributed by atoms with Crippen LogP contribution in [0.25, 0.3) is 0 Å². The summed E-state index contributed by atoms with van der Waals surface area (Å²) in [5.41, 5.74) is 3.01. The summed E-state index contributed by atoms with van der Waals surface area (Å²) in [7, 11) is 0. The second-order valence-corrected chi connectivity index (χ2v) is 7.10. The summed E-state index contributed by atoms with van der Waals surface area (Å²) in [6, 6.07) is 23.3. The molecule has 0 bridgehead atoms. The van der Waals surface area contributed by atoms with Gasteiger partial charge in [-0.3, -0.25) is 4.79 Å². The van der Waals surface area contributed by atoms with E-state index in [0.717, 1.165) is 5.56 Å². The van der Waals surface area contributed by atoms with Gasteiger partial charge in [-0.25, -0.2) is 4.79 Å². The number of rotatable bonds is 7. The number of carbonyl (C=O) groups is 2. The van der Waals surface area contributed by atoms with Crippen molar-refractivity contribution < 1.29 is 9.59 Å². The van der Waals surface area contributed by atoms with Gasteiger partial charge in [0.1, 0.15) is 0 Å². The molecule has 4 N–H and O–H groups in total. The van der Waals surface area contributed by atoms with Crippen molar-refractivity contribution in [2.24, 2.45) is 0 Å². The second-order valence-electron chi connectivity index (χ2n) is 6.69. The van der Waals surface area contributed by atoms with Gasteiger partial charge < -0.3 is 21.3 Å². The zero-order valence-electron chi connectivity index (χ0n) is 16.5. The molecule has 3 aromatic carbocycles. The van der Waals surface area contributed by atoms with Crippen molar-refractivity contribution in [3.63, 3.8) is 0 Å². The quantitative estimate of drug-likeness (QED) is 0.418. The Morgan fingerprint density at radius 2 is 1.43 bits per heavy atom. The van der Waals surface area contributed by atoms with Crippen LogP contribution in [-0.2, 0) is 4.79 Å². The minimum atomic E-state index is -0.319. The van der Waals surface area contributed by atoms with E-state index >= 15 is 0 Å². The molecule has 0 aliphatic carbocycles. The van der Waals surface area contributed by atoms with Gasteiger partial charge in [-0.15, -0.1) is 0 Å². The summed E-state index contributed by atoms with van der Waals surface area (Å²) in [6.07, 6.45) is 0. The molecular formula is C23H23ClN4O2. The third-order valence-corrected chi connectivity index (χ3v) is 4.72. The van der Waals surface area contributed by atoms with Crippen LogP contribution in [0.15, 0.2) is 78.9 Å². The standard InChI is InChI=1S/C23H23ClN4O2/c1-16(26-22(29)15-25-21-10-6-5-9-20(21)24)17-11-13-19(14-12-17)28-23(30)27-18-7-3-2-4-8-18/h2-14,16,25H,15H2,1H3,(H,26,29)(H2,27,28,30). The van der Waals surface area contributed by atoms with Crippen LogP contribution in [0.3, 0.4) is 0 Å². The molecule has 0 spiro atoms. The molecule has 0 aromatic heterocycles. The summed E-state index contributed by atoms with van der Waals surface area (Å²) < 4.78 is 0. The van der Waals surface area contributed by atoms with E-state index in [4.69, 9.17) is 11.6 Å². The first-order valence-electron chi connectivity index (χ1n) is 9.52. The molecule has 0 saturated carbocycles. The number of nitrogens with one attached hydrogen (secondary N) is 4. The number of carbonyl (C=O) groups excluding carboxylic acids is 2. The fourth-order valence-electron chi connectivity index (χ4n) is 2.83. The van der Waals surface area contributed by atoms with Crippen molar-refractivity contribution in [3.8, 4) is 0 Å². The maximum Gasteiger partial charge on any atom is 0.323 e. The van der Waals surface area contributed by atoms with Crippen LogP contribution in [0.4, 0.5) is 21.9 Å². The van der Waals surface area contributed by atoms with E-state index in [1.165, 1.54) is 0 Å². The van der Waals surface area contributed by atoms with Gasteiger partial charge in [0.2, 0.25) is 5.91 Å². The highest BCUT2D eigenvalue weighted by Gasteiger charge is 2.10. The molecule has 0 aliphatic heterocycles. The first kappa shape index (κ1) is 21.2. The Morgan fingerprint density at radius 1 is 0.833 bits per heavy atom. The number of para-hydroxylation sites is 2. The SMILES string of the molecule is CC(NC(=O)CNc1ccccc1Cl)c1ccc(NC(=O)Nc2ccccc2)cc1. The summed E-state index contributed by atoms with van der Waals surface area (Å²) in [4.78, 5) is 24.3. The van der Waals surface area contributed by atoms with Crippen LogP contribution in [0.1, 0.15) is 18.5 Å². The number of amides is 3. The molecule has 0 fully saturated rings. The van der Waals surface area contributed by atoms with E-state index in [0.29, 0.717) is 22.1 Å². The summed E-state index contributed by atoms with van der Waals surface area (Å²) >= 11 is 6.08. The van der Waals surface area contributed by atoms with Crippen molar-refractivity contribution in [2.45, 2.75) is 13.0 Å². The van der Waals surface area contributed by atoms with E-state index in [1.54, 1.807) is 18.2 Å². The van der Waals surface area contributed by atoms with Crippen molar-refractivity contribution in [2.75, 3.05) is 22.5 Å². The second kappa shape index (κ2) is 10.3. The Kier molecular flexibility index (Phi) is 7.29. The molecule has 7 heteroatoms. The highest BCUT2D eigenvalue weighted by molar-refractivity contribution is 6.33. The topological polar surface area (TPSA) is 82.3 Å². The lowest BCUT2D eigenvalue weighted by Gasteiger charge is -2.16. The summed E-state index contributed by atoms with van der Waals surface area (Å²) in [5.74, 6) is -0.146. The molecule has 0 heterocycles. The molecule has 3 rings (SSSR count). The van der Waals surface area contributed by atoms with Gasteiger partial charge in [-0.05, 0) is 48.9 Å². The number of anilines is 3. The minimum absolute atomic E-state index is 0.118. The minimum Gasteiger partial charge on any atom is -0.375 e. The number of hydrogen-bond acceptors (Lipinski definition) is 3. The zero-order chi connectivity index (χ0) is 21.3. The molecule has 3 aromatic rings. The molecule has 1 atom stereocenters. The lowest BCUT2D eigenvalue weighted by atomic mass is 10.1. The van der Waals surface area contributed by atoms with Gasteiger partial charge in [0, 0.05) is 11.4 Å². The van der Waals surface area contributed by atoms with Gasteiger partial charge >= 0.3 is 6.03 Å². The van der Waals surface area contributed by atoms with Crippen molar-refractivity contribution in [3.05, 3.63) is 89.4 Å². The summed E-state index contributed by atoms with van der Waals surface area (Å²) in [6.45, 7) is 2.02. The van der Waals surface area contributed by atoms with E-state index in [1.807, 2.05) is 67.6 Å². The molecular weight excluding hydrogens is 400 g/mol. The van der Waals surface area contributed by atoms with E-state index in [2.05, 4.69) is 21.3 Å². The molecule has 0 aliphatic rings. The molecule has 3 amide bonds. The zero-order valence-corrected chi connectivity index (χ0v) is 17.2. The Morgan fingerprint density at radius 3 is 2.10 bits per heavy atom. The van der Waals surface area contributed by atoms with Gasteiger partial charge in [0.05, 0.1) is 23.3 Å². The van der Waals surface area contributed by atoms with Crippen LogP contribution >= 0.6 is 11.6 Å². The summed E-state index contributed by atoms with van der Waals surface area (Å²) in [5, 5.41) is 12.1. The predicted octanol–water partition coefficient (Wildman–Crippen LogP) is 5.27. The Labute approximate surface area is 180 Å². The lowest BCUT2D eigenvalue weighted by molar-refractivity contribution is -0.120. The highest BCUT2D eigenvalue weighted by Crippen LogP contribution is 2.20. The predicted molar refractivity (Wildman–Crippen MR) is 122 cm³/mol. The van der Waals surface area contributed by atoms with E-state index in [-0.39, 0.29) is 24.5 Å². The molecule has 0 radical (unpaired) electrons. The van der Waals surface area contributed by atoms with E-state index in [9.17, 15) is 9.59 Å². The molecule has 1 unspecified atom stereocenters. The van der Waals surface area contributed by atoms with Crippen molar-refractivity contribution in [1.82, 2.24) is 5.32 Å². The average molecular weight is 423 g/mol. The van der Waals surface area contributed by atoms with Gasteiger partial charge in [0.15, 0.2) is 0 Å². The molecule has 30 heavy (non-hydrogen) atoms. The average Bonchev–Trinajstić information content (AvgIpc) is 2.74. The third kappa shape index (κ3) is 6.25. The monoisotopic (exact) mass is 422 g/mol. The largest absolute Gasteiger partial charge is 0.375 e. The maximum atomic E-state index is 12.2. The van der Waals surface area contributed by atoms with Gasteiger partial charge in [-0.2, -0.15) is 0 Å². The number of halogens is 1. The van der Waals surface area contributed by atoms with Crippen molar-refractivity contribution in [1.29, 1.82) is 0 Å². The lowest BCUT2D eigenvalue weighted by Crippen LogP contribution is -2.32. The van der Waals surface area contributed by atoms with E-state index < -0.39 is 0 Å². The van der Waals surface area contributed by atoms with Gasteiger partial charge in [0.25, 0.3) is 0 Å². The van der Waals surface area contributed by atoms with Crippen LogP contribution in [0, 0.1) is 0 Å². The first-order valence-corrected chi connectivity index (χ1v) is 9.90. The normalized spacial score (nSPS) is 11.3. The van der Waals surface area contributed by atoms with Crippen LogP contribution < -0.4 is 21.3 Å². The highest BCUT2D eigenvalue weighted by atomic mass is 35.5. The Balaban J connectivity index is 1.48. The van der Waals surface area contributed by atoms with Crippen LogP contribution in [0.2, 0.25) is 5.02 Å². The third-order valence-electron chi connectivity index (χ3n) is 4.39. The number of urea groups is 1. The number of benzene rings is 3. The number of hydrogen-bond donors (Lipinski definition) is 4. The van der Waals surface area contributed by atoms with Crippen LogP contribution in [-0.4, -0.2) is 18.5 Å². The fourth-order valence-corrected chi connectivity index (χ4v) is 3.03. The fraction of sp³-hybridized carbons (Fsp3) is 0.130. The smallest absolute Gasteiger partial charge is 0.323 e. The first-order chi connectivity index (χ1) is 14.5. The molecule has 6 nitrogen and oxygen atoms in total.